The van der Waals surface area contributed by atoms with Crippen LogP contribution in [0.4, 0.5) is 4.39 Å². The zero-order valence-corrected chi connectivity index (χ0v) is 14.9. The molecule has 0 fully saturated rings. The van der Waals surface area contributed by atoms with Crippen molar-refractivity contribution in [2.24, 2.45) is 0 Å². The molecule has 1 amide bonds. The molecule has 3 heterocycles. The Balaban J connectivity index is 1.96. The number of aryl methyl sites for hydroxylation is 2. The molecule has 0 saturated carbocycles. The number of halogens is 1. The highest BCUT2D eigenvalue weighted by Crippen LogP contribution is 2.28. The van der Waals surface area contributed by atoms with Gasteiger partial charge in [0.2, 0.25) is 0 Å². The molecule has 0 saturated heterocycles. The third-order valence-corrected chi connectivity index (χ3v) is 5.05. The smallest absolute Gasteiger partial charge is 0.276 e. The number of hydrogen-bond donors (Lipinski definition) is 0. The van der Waals surface area contributed by atoms with Crippen molar-refractivity contribution in [1.29, 1.82) is 0 Å². The van der Waals surface area contributed by atoms with E-state index in [0.29, 0.717) is 46.5 Å². The van der Waals surface area contributed by atoms with E-state index < -0.39 is 0 Å². The van der Waals surface area contributed by atoms with E-state index in [9.17, 15) is 14.0 Å². The van der Waals surface area contributed by atoms with Gasteiger partial charge in [-0.05, 0) is 25.5 Å². The van der Waals surface area contributed by atoms with Gasteiger partial charge in [-0.2, -0.15) is 5.10 Å². The normalized spacial score (nSPS) is 14.2. The summed E-state index contributed by atoms with van der Waals surface area (Å²) in [4.78, 5) is 27.3. The lowest BCUT2D eigenvalue weighted by Crippen LogP contribution is -2.37. The molecule has 0 bridgehead atoms. The van der Waals surface area contributed by atoms with E-state index in [0.717, 1.165) is 0 Å². The van der Waals surface area contributed by atoms with Crippen LogP contribution in [0.3, 0.4) is 0 Å². The predicted octanol–water partition coefficient (Wildman–Crippen LogP) is 2.09. The number of hydrogen-bond acceptors (Lipinski definition) is 3. The van der Waals surface area contributed by atoms with Crippen LogP contribution in [-0.4, -0.2) is 38.7 Å². The first-order chi connectivity index (χ1) is 12.4. The van der Waals surface area contributed by atoms with Gasteiger partial charge in [0.05, 0.1) is 23.1 Å². The lowest BCUT2D eigenvalue weighted by atomic mass is 10.1. The van der Waals surface area contributed by atoms with E-state index in [1.165, 1.54) is 10.7 Å². The van der Waals surface area contributed by atoms with Crippen LogP contribution in [-0.2, 0) is 13.1 Å². The Kier molecular flexibility index (Phi) is 3.68. The van der Waals surface area contributed by atoms with E-state index >= 15 is 0 Å². The first-order valence-corrected chi connectivity index (χ1v) is 8.49. The van der Waals surface area contributed by atoms with Gasteiger partial charge in [0, 0.05) is 25.7 Å². The zero-order valence-electron chi connectivity index (χ0n) is 14.9. The standard InChI is InChI=1S/C19H19FN4O2/c1-11-15-17(23-9-8-22(3)19(26)16(11)23)12(2)21-24(18(15)25)10-13-6-4-5-7-14(13)20/h4-7H,8-10H2,1-3H3. The highest BCUT2D eigenvalue weighted by Gasteiger charge is 2.29. The molecule has 0 unspecified atom stereocenters. The number of aromatic nitrogens is 3. The molecule has 7 heteroatoms. The van der Waals surface area contributed by atoms with E-state index in [2.05, 4.69) is 5.10 Å². The summed E-state index contributed by atoms with van der Waals surface area (Å²) < 4.78 is 17.2. The third-order valence-electron chi connectivity index (χ3n) is 5.05. The van der Waals surface area contributed by atoms with E-state index in [1.807, 2.05) is 11.5 Å². The van der Waals surface area contributed by atoms with E-state index in [1.54, 1.807) is 37.1 Å². The third kappa shape index (κ3) is 2.27. The fraction of sp³-hybridized carbons (Fsp3) is 0.316. The van der Waals surface area contributed by atoms with E-state index in [4.69, 9.17) is 0 Å². The summed E-state index contributed by atoms with van der Waals surface area (Å²) in [5, 5.41) is 4.89. The largest absolute Gasteiger partial charge is 0.339 e. The van der Waals surface area contributed by atoms with Crippen molar-refractivity contribution < 1.29 is 9.18 Å². The number of benzene rings is 1. The Bertz CT molecular complexity index is 1110. The molecule has 0 atom stereocenters. The van der Waals surface area contributed by atoms with Crippen molar-refractivity contribution >= 4 is 16.8 Å². The van der Waals surface area contributed by atoms with Gasteiger partial charge >= 0.3 is 0 Å². The molecule has 6 nitrogen and oxygen atoms in total. The zero-order chi connectivity index (χ0) is 18.6. The number of amides is 1. The number of likely N-dealkylation sites (N-methyl/N-ethyl adjacent to an activating group) is 1. The molecule has 134 valence electrons. The fourth-order valence-electron chi connectivity index (χ4n) is 3.71. The molecule has 26 heavy (non-hydrogen) atoms. The van der Waals surface area contributed by atoms with Crippen LogP contribution < -0.4 is 5.56 Å². The second-order valence-corrected chi connectivity index (χ2v) is 6.72. The van der Waals surface area contributed by atoms with Crippen LogP contribution in [0.2, 0.25) is 0 Å². The summed E-state index contributed by atoms with van der Waals surface area (Å²) in [6.07, 6.45) is 0. The molecular formula is C19H19FN4O2. The topological polar surface area (TPSA) is 60.1 Å². The molecule has 0 spiro atoms. The minimum absolute atomic E-state index is 0.0517. The summed E-state index contributed by atoms with van der Waals surface area (Å²) >= 11 is 0. The minimum Gasteiger partial charge on any atom is -0.339 e. The van der Waals surface area contributed by atoms with Crippen molar-refractivity contribution in [2.45, 2.75) is 26.9 Å². The van der Waals surface area contributed by atoms with Crippen LogP contribution in [0.1, 0.15) is 27.3 Å². The first kappa shape index (κ1) is 16.5. The van der Waals surface area contributed by atoms with Gasteiger partial charge in [-0.15, -0.1) is 0 Å². The molecule has 1 aliphatic rings. The molecule has 0 radical (unpaired) electrons. The molecule has 1 aromatic carbocycles. The van der Waals surface area contributed by atoms with Gasteiger partial charge in [0.25, 0.3) is 11.5 Å². The minimum atomic E-state index is -0.372. The maximum atomic E-state index is 14.0. The van der Waals surface area contributed by atoms with Crippen LogP contribution >= 0.6 is 0 Å². The summed E-state index contributed by atoms with van der Waals surface area (Å²) in [5.74, 6) is -0.465. The van der Waals surface area contributed by atoms with Gasteiger partial charge in [-0.25, -0.2) is 9.07 Å². The summed E-state index contributed by atoms with van der Waals surface area (Å²) in [7, 11) is 1.75. The molecule has 1 aliphatic heterocycles. The molecule has 2 aromatic heterocycles. The van der Waals surface area contributed by atoms with E-state index in [-0.39, 0.29) is 23.8 Å². The Morgan fingerprint density at radius 3 is 2.62 bits per heavy atom. The van der Waals surface area contributed by atoms with Gasteiger partial charge in [0.1, 0.15) is 11.5 Å². The maximum Gasteiger partial charge on any atom is 0.276 e. The first-order valence-electron chi connectivity index (χ1n) is 8.49. The molecule has 0 aliphatic carbocycles. The molecular weight excluding hydrogens is 335 g/mol. The van der Waals surface area contributed by atoms with Gasteiger partial charge < -0.3 is 9.47 Å². The van der Waals surface area contributed by atoms with Gasteiger partial charge in [-0.1, -0.05) is 18.2 Å². The molecule has 4 rings (SSSR count). The van der Waals surface area contributed by atoms with Crippen LogP contribution in [0.15, 0.2) is 29.1 Å². The predicted molar refractivity (Wildman–Crippen MR) is 95.9 cm³/mol. The lowest BCUT2D eigenvalue weighted by molar-refractivity contribution is 0.0750. The highest BCUT2D eigenvalue weighted by molar-refractivity contribution is 6.02. The Morgan fingerprint density at radius 1 is 1.15 bits per heavy atom. The number of nitrogens with zero attached hydrogens (tertiary/aromatic N) is 4. The van der Waals surface area contributed by atoms with Crippen LogP contribution in [0, 0.1) is 19.7 Å². The highest BCUT2D eigenvalue weighted by atomic mass is 19.1. The second kappa shape index (κ2) is 5.79. The Hall–Kier alpha value is -2.96. The number of carbonyl (C=O) groups excluding carboxylic acids is 1. The SMILES string of the molecule is Cc1c2n(c3c(C)nn(Cc4ccccc4F)c(=O)c13)CCN(C)C2=O. The summed E-state index contributed by atoms with van der Waals surface area (Å²) in [6, 6.07) is 6.34. The van der Waals surface area contributed by atoms with Gasteiger partial charge in [-0.3, -0.25) is 9.59 Å². The fourth-order valence-corrected chi connectivity index (χ4v) is 3.71. The number of carbonyl (C=O) groups is 1. The monoisotopic (exact) mass is 354 g/mol. The van der Waals surface area contributed by atoms with Crippen LogP contribution in [0.5, 0.6) is 0 Å². The Labute approximate surface area is 149 Å². The number of rotatable bonds is 2. The number of fused-ring (bicyclic) bond motifs is 3. The summed E-state index contributed by atoms with van der Waals surface area (Å²) in [6.45, 7) is 4.87. The van der Waals surface area contributed by atoms with Crippen molar-refractivity contribution in [1.82, 2.24) is 19.2 Å². The van der Waals surface area contributed by atoms with Crippen molar-refractivity contribution in [3.05, 3.63) is 63.0 Å². The molecule has 3 aromatic rings. The Morgan fingerprint density at radius 2 is 1.88 bits per heavy atom. The molecule has 0 N–H and O–H groups in total. The maximum absolute atomic E-state index is 14.0. The van der Waals surface area contributed by atoms with Gasteiger partial charge in [0.15, 0.2) is 0 Å². The quantitative estimate of drug-likeness (QED) is 0.708. The van der Waals surface area contributed by atoms with Crippen molar-refractivity contribution in [3.63, 3.8) is 0 Å². The van der Waals surface area contributed by atoms with Crippen LogP contribution in [0.25, 0.3) is 10.9 Å². The van der Waals surface area contributed by atoms with Crippen molar-refractivity contribution in [2.75, 3.05) is 13.6 Å². The summed E-state index contributed by atoms with van der Waals surface area (Å²) in [5.41, 5.74) is 2.66. The lowest BCUT2D eigenvalue weighted by Gasteiger charge is -2.25. The average Bonchev–Trinajstić information content (AvgIpc) is 2.91. The second-order valence-electron chi connectivity index (χ2n) is 6.72. The average molecular weight is 354 g/mol. The van der Waals surface area contributed by atoms with Crippen molar-refractivity contribution in [3.8, 4) is 0 Å².